The second-order valence-electron chi connectivity index (χ2n) is 28.2. The van der Waals surface area contributed by atoms with E-state index in [4.69, 9.17) is 4.98 Å². The first-order chi connectivity index (χ1) is 39.6. The summed E-state index contributed by atoms with van der Waals surface area (Å²) in [5.74, 6) is 1.37. The van der Waals surface area contributed by atoms with Crippen LogP contribution in [0.25, 0.3) is 55.6 Å². The molecule has 83 heavy (non-hydrogen) atoms. The van der Waals surface area contributed by atoms with Gasteiger partial charge in [-0.3, -0.25) is 0 Å². The summed E-state index contributed by atoms with van der Waals surface area (Å²) in [7, 11) is 0. The van der Waals surface area contributed by atoms with Crippen LogP contribution in [0.4, 0.5) is 0 Å². The largest absolute Gasteiger partial charge is 0.246 e. The zero-order valence-corrected chi connectivity index (χ0v) is 56.4. The molecule has 7 rings (SSSR count). The highest BCUT2D eigenvalue weighted by Crippen LogP contribution is 2.57. The normalized spacial score (nSPS) is 15.7. The van der Waals surface area contributed by atoms with E-state index in [2.05, 4.69) is 253 Å². The number of unbranched alkanes of at least 4 members (excludes halogenated alkanes) is 2. The van der Waals surface area contributed by atoms with Gasteiger partial charge >= 0.3 is 0 Å². The average molecular weight is 1110 g/mol. The van der Waals surface area contributed by atoms with Crippen molar-refractivity contribution in [2.45, 2.75) is 263 Å². The van der Waals surface area contributed by atoms with Crippen LogP contribution in [0.15, 0.2) is 127 Å². The molecule has 1 aromatic heterocycles. The number of nitrogens with zero attached hydrogens (tertiary/aromatic N) is 1. The number of benzene rings is 5. The molecular formula is C82H115N. The van der Waals surface area contributed by atoms with E-state index in [-0.39, 0.29) is 21.7 Å². The fourth-order valence-corrected chi connectivity index (χ4v) is 13.1. The van der Waals surface area contributed by atoms with Gasteiger partial charge in [-0.25, -0.2) is 4.98 Å². The maximum absolute atomic E-state index is 5.97. The SMILES string of the molecule is CCC.CCCCC(CC)CC1(CC(CC)CCCC)c2cc(/C(C)=C/C=C(\CCC)c3ccc(C(C)(C)C/C=C(\C)C(C)(C)C)c4cc(-c5ccc(CCC)cc5)c(-c5ccc(CCC)cc5)nc34)ccc2-c2ccc(C(C)(C)C)cc21. The molecule has 0 aliphatic heterocycles. The standard InChI is InChI=1S/C79H107N.C3H8/c1-18-25-30-57(23-6)53-79(54-58(24-7)31-26-19-2)72-50-64(42-44-67(72)68-45-43-65(51-73(68)79)77(13,14)15)55(8)32-37-61(29-22-5)66-46-47-71(78(16,17)49-48-56(9)76(10,11)12)70-52-69(62-38-33-59(27-20-3)34-39-62)74(80-75(66)70)63-40-35-60(28-21-4)36-41-63;1-3-2/h32-48,50-52,57-58H,18-31,49,53-54H2,1-17H3;3H2,1-2H3/b55-32+,56-48+,61-37+;. The fourth-order valence-electron chi connectivity index (χ4n) is 13.1. The molecule has 2 unspecified atom stereocenters. The zero-order valence-electron chi connectivity index (χ0n) is 56.4. The lowest BCUT2D eigenvalue weighted by Gasteiger charge is -2.39. The Morgan fingerprint density at radius 2 is 1.10 bits per heavy atom. The molecule has 0 spiro atoms. The van der Waals surface area contributed by atoms with Crippen molar-refractivity contribution in [1.29, 1.82) is 0 Å². The van der Waals surface area contributed by atoms with Gasteiger partial charge in [-0.05, 0) is 159 Å². The Labute approximate surface area is 509 Å². The molecule has 0 bridgehead atoms. The lowest BCUT2D eigenvalue weighted by atomic mass is 9.64. The molecular weight excluding hydrogens is 999 g/mol. The molecule has 1 heteroatoms. The van der Waals surface area contributed by atoms with Gasteiger partial charge in [0.05, 0.1) is 11.2 Å². The number of aromatic nitrogens is 1. The van der Waals surface area contributed by atoms with Crippen LogP contribution in [-0.2, 0) is 29.1 Å². The smallest absolute Gasteiger partial charge is 0.0788 e. The van der Waals surface area contributed by atoms with Crippen molar-refractivity contribution in [2.75, 3.05) is 0 Å². The second-order valence-corrected chi connectivity index (χ2v) is 28.2. The topological polar surface area (TPSA) is 12.9 Å². The molecule has 2 atom stereocenters. The predicted octanol–water partition coefficient (Wildman–Crippen LogP) is 25.6. The molecule has 0 saturated heterocycles. The van der Waals surface area contributed by atoms with Gasteiger partial charge in [0.1, 0.15) is 0 Å². The minimum Gasteiger partial charge on any atom is -0.246 e. The van der Waals surface area contributed by atoms with Crippen LogP contribution in [-0.4, -0.2) is 4.98 Å². The maximum atomic E-state index is 5.97. The molecule has 0 fully saturated rings. The van der Waals surface area contributed by atoms with E-state index >= 15 is 0 Å². The third-order valence-electron chi connectivity index (χ3n) is 18.8. The van der Waals surface area contributed by atoms with Gasteiger partial charge in [0.25, 0.3) is 0 Å². The Morgan fingerprint density at radius 1 is 0.554 bits per heavy atom. The molecule has 0 saturated carbocycles. The quantitative estimate of drug-likeness (QED) is 0.0390. The highest BCUT2D eigenvalue weighted by molar-refractivity contribution is 6.00. The van der Waals surface area contributed by atoms with Crippen molar-refractivity contribution in [1.82, 2.24) is 4.98 Å². The highest BCUT2D eigenvalue weighted by Gasteiger charge is 2.46. The molecule has 448 valence electrons. The van der Waals surface area contributed by atoms with Gasteiger partial charge in [-0.1, -0.05) is 310 Å². The molecule has 1 aliphatic rings. The van der Waals surface area contributed by atoms with Crippen LogP contribution in [0.5, 0.6) is 0 Å². The van der Waals surface area contributed by atoms with Crippen LogP contribution in [0.1, 0.15) is 279 Å². The summed E-state index contributed by atoms with van der Waals surface area (Å²) in [5.41, 5.74) is 24.2. The fraction of sp³-hybridized carbons (Fsp3) is 0.524. The van der Waals surface area contributed by atoms with E-state index < -0.39 is 0 Å². The number of hydrogen-bond acceptors (Lipinski definition) is 1. The molecule has 1 aliphatic carbocycles. The van der Waals surface area contributed by atoms with Gasteiger partial charge in [-0.15, -0.1) is 0 Å². The summed E-state index contributed by atoms with van der Waals surface area (Å²) in [6.07, 6.45) is 28.7. The summed E-state index contributed by atoms with van der Waals surface area (Å²) in [6.45, 7) is 44.5. The summed E-state index contributed by atoms with van der Waals surface area (Å²) >= 11 is 0. The minimum atomic E-state index is -0.140. The lowest BCUT2D eigenvalue weighted by Crippen LogP contribution is -2.32. The third kappa shape index (κ3) is 16.4. The molecule has 1 nitrogen and oxygen atoms in total. The first-order valence-electron chi connectivity index (χ1n) is 33.6. The number of rotatable bonds is 26. The van der Waals surface area contributed by atoms with E-state index in [1.807, 2.05) is 0 Å². The van der Waals surface area contributed by atoms with Gasteiger partial charge in [0, 0.05) is 27.5 Å². The van der Waals surface area contributed by atoms with Crippen molar-refractivity contribution < 1.29 is 0 Å². The van der Waals surface area contributed by atoms with Crippen LogP contribution in [0.2, 0.25) is 0 Å². The van der Waals surface area contributed by atoms with E-state index in [0.717, 1.165) is 56.2 Å². The van der Waals surface area contributed by atoms with E-state index in [9.17, 15) is 0 Å². The number of allylic oxidation sites excluding steroid dienone is 6. The van der Waals surface area contributed by atoms with Crippen molar-refractivity contribution in [2.24, 2.45) is 17.3 Å². The Kier molecular flexibility index (Phi) is 24.3. The molecule has 6 aromatic rings. The van der Waals surface area contributed by atoms with Gasteiger partial charge < -0.3 is 0 Å². The van der Waals surface area contributed by atoms with Crippen LogP contribution < -0.4 is 0 Å². The summed E-state index contributed by atoms with van der Waals surface area (Å²) in [6, 6.07) is 41.3. The third-order valence-corrected chi connectivity index (χ3v) is 18.8. The van der Waals surface area contributed by atoms with Crippen molar-refractivity contribution in [3.8, 4) is 33.5 Å². The first-order valence-corrected chi connectivity index (χ1v) is 33.6. The minimum absolute atomic E-state index is 0.0277. The van der Waals surface area contributed by atoms with E-state index in [1.165, 1.54) is 154 Å². The van der Waals surface area contributed by atoms with Gasteiger partial charge in [0.15, 0.2) is 0 Å². The Morgan fingerprint density at radius 3 is 1.60 bits per heavy atom. The Balaban J connectivity index is 0.00000361. The Bertz CT molecular complexity index is 3090. The molecule has 0 radical (unpaired) electrons. The molecule has 5 aromatic carbocycles. The maximum Gasteiger partial charge on any atom is 0.0788 e. The number of fused-ring (bicyclic) bond motifs is 4. The lowest BCUT2D eigenvalue weighted by molar-refractivity contribution is 0.265. The molecule has 1 heterocycles. The first kappa shape index (κ1) is 66.9. The van der Waals surface area contributed by atoms with Crippen molar-refractivity contribution in [3.63, 3.8) is 0 Å². The average Bonchev–Trinajstić information content (AvgIpc) is 1.90. The van der Waals surface area contributed by atoms with E-state index in [0.29, 0.717) is 11.8 Å². The van der Waals surface area contributed by atoms with Crippen LogP contribution in [0.3, 0.4) is 0 Å². The van der Waals surface area contributed by atoms with E-state index in [1.54, 1.807) is 11.1 Å². The van der Waals surface area contributed by atoms with Crippen molar-refractivity contribution >= 4 is 22.0 Å². The van der Waals surface area contributed by atoms with Crippen LogP contribution >= 0.6 is 0 Å². The van der Waals surface area contributed by atoms with Crippen LogP contribution in [0, 0.1) is 17.3 Å². The number of aryl methyl sites for hydroxylation is 2. The molecule has 0 amide bonds. The highest BCUT2D eigenvalue weighted by atomic mass is 14.7. The predicted molar refractivity (Wildman–Crippen MR) is 371 cm³/mol. The van der Waals surface area contributed by atoms with Gasteiger partial charge in [-0.2, -0.15) is 0 Å². The Hall–Kier alpha value is -5.27. The summed E-state index contributed by atoms with van der Waals surface area (Å²) in [5, 5.41) is 1.26. The second kappa shape index (κ2) is 30.2. The monoisotopic (exact) mass is 1110 g/mol. The van der Waals surface area contributed by atoms with Crippen molar-refractivity contribution in [3.05, 3.63) is 171 Å². The number of hydrogen-bond donors (Lipinski definition) is 0. The molecule has 0 N–H and O–H groups in total. The number of pyridine rings is 1. The summed E-state index contributed by atoms with van der Waals surface area (Å²) < 4.78 is 0. The zero-order chi connectivity index (χ0) is 60.7. The van der Waals surface area contributed by atoms with Gasteiger partial charge in [0.2, 0.25) is 0 Å². The summed E-state index contributed by atoms with van der Waals surface area (Å²) in [4.78, 5) is 5.97.